The summed E-state index contributed by atoms with van der Waals surface area (Å²) < 4.78 is 0. The number of nitrogens with zero attached hydrogens (tertiary/aromatic N) is 3. The van der Waals surface area contributed by atoms with Crippen molar-refractivity contribution in [3.63, 3.8) is 0 Å². The molecule has 2 aromatic heterocycles. The van der Waals surface area contributed by atoms with Gasteiger partial charge in [-0.2, -0.15) is 5.26 Å². The van der Waals surface area contributed by atoms with Gasteiger partial charge >= 0.3 is 5.97 Å². The second-order valence-electron chi connectivity index (χ2n) is 4.77. The van der Waals surface area contributed by atoms with Gasteiger partial charge in [-0.1, -0.05) is 12.1 Å². The molecule has 1 aromatic carbocycles. The van der Waals surface area contributed by atoms with Crippen LogP contribution in [0, 0.1) is 11.3 Å². The Morgan fingerprint density at radius 3 is 2.54 bits per heavy atom. The topological polar surface area (TPSA) is 129 Å². The molecule has 3 aromatic rings. The van der Waals surface area contributed by atoms with Gasteiger partial charge in [0.15, 0.2) is 0 Å². The number of hydrogen-bond donors (Lipinski definition) is 3. The fourth-order valence-electron chi connectivity index (χ4n) is 2.23. The van der Waals surface area contributed by atoms with Crippen LogP contribution >= 0.6 is 12.4 Å². The molecule has 3 rings (SSSR count). The van der Waals surface area contributed by atoms with E-state index in [-0.39, 0.29) is 29.4 Å². The van der Waals surface area contributed by atoms with Crippen molar-refractivity contribution >= 4 is 24.2 Å². The summed E-state index contributed by atoms with van der Waals surface area (Å²) in [6, 6.07) is 10.0. The van der Waals surface area contributed by atoms with E-state index in [0.29, 0.717) is 22.5 Å². The Hall–Kier alpha value is -3.37. The van der Waals surface area contributed by atoms with E-state index in [1.54, 1.807) is 24.4 Å². The SMILES string of the molecule is Cl.N#Cc1c(-c2cnc[nH]2)cc(-c2ccc(C(=O)O)cc2)nc1N. The van der Waals surface area contributed by atoms with Crippen molar-refractivity contribution in [3.05, 3.63) is 54.0 Å². The van der Waals surface area contributed by atoms with Crippen molar-refractivity contribution in [2.45, 2.75) is 0 Å². The van der Waals surface area contributed by atoms with Gasteiger partial charge < -0.3 is 15.8 Å². The molecule has 7 nitrogen and oxygen atoms in total. The summed E-state index contributed by atoms with van der Waals surface area (Å²) in [6.45, 7) is 0. The van der Waals surface area contributed by atoms with Crippen LogP contribution in [0.4, 0.5) is 5.82 Å². The highest BCUT2D eigenvalue weighted by atomic mass is 35.5. The van der Waals surface area contributed by atoms with Crippen molar-refractivity contribution in [1.82, 2.24) is 15.0 Å². The predicted molar refractivity (Wildman–Crippen MR) is 90.6 cm³/mol. The molecule has 2 heterocycles. The lowest BCUT2D eigenvalue weighted by Crippen LogP contribution is -2.00. The van der Waals surface area contributed by atoms with Crippen LogP contribution in [0.2, 0.25) is 0 Å². The highest BCUT2D eigenvalue weighted by molar-refractivity contribution is 5.88. The summed E-state index contributed by atoms with van der Waals surface area (Å²) in [7, 11) is 0. The van der Waals surface area contributed by atoms with E-state index in [1.807, 2.05) is 6.07 Å². The first kappa shape index (κ1) is 17.0. The molecule has 8 heteroatoms. The number of nitriles is 1. The number of aromatic nitrogens is 3. The van der Waals surface area contributed by atoms with Crippen molar-refractivity contribution in [2.24, 2.45) is 0 Å². The van der Waals surface area contributed by atoms with Crippen LogP contribution in [-0.2, 0) is 0 Å². The molecule has 0 bridgehead atoms. The maximum atomic E-state index is 10.9. The Balaban J connectivity index is 0.00000208. The van der Waals surface area contributed by atoms with Gasteiger partial charge in [0.2, 0.25) is 0 Å². The largest absolute Gasteiger partial charge is 0.478 e. The van der Waals surface area contributed by atoms with Crippen molar-refractivity contribution in [2.75, 3.05) is 5.73 Å². The summed E-state index contributed by atoms with van der Waals surface area (Å²) in [5, 5.41) is 18.2. The normalized spacial score (nSPS) is 9.79. The maximum absolute atomic E-state index is 10.9. The van der Waals surface area contributed by atoms with Crippen molar-refractivity contribution in [3.8, 4) is 28.6 Å². The van der Waals surface area contributed by atoms with Crippen LogP contribution in [0.25, 0.3) is 22.5 Å². The molecule has 0 aliphatic carbocycles. The average molecular weight is 342 g/mol. The van der Waals surface area contributed by atoms with E-state index in [4.69, 9.17) is 10.8 Å². The molecule has 4 N–H and O–H groups in total. The first-order valence-corrected chi connectivity index (χ1v) is 6.63. The van der Waals surface area contributed by atoms with Gasteiger partial charge in [0.05, 0.1) is 29.5 Å². The zero-order valence-electron chi connectivity index (χ0n) is 12.2. The third-order valence-corrected chi connectivity index (χ3v) is 3.38. The molecule has 24 heavy (non-hydrogen) atoms. The molecule has 0 aliphatic rings. The number of aromatic carboxylic acids is 1. The number of anilines is 1. The van der Waals surface area contributed by atoms with E-state index in [1.165, 1.54) is 18.5 Å². The van der Waals surface area contributed by atoms with E-state index in [9.17, 15) is 10.1 Å². The monoisotopic (exact) mass is 341 g/mol. The Labute approximate surface area is 143 Å². The highest BCUT2D eigenvalue weighted by Gasteiger charge is 2.14. The number of carbonyl (C=O) groups is 1. The van der Waals surface area contributed by atoms with E-state index >= 15 is 0 Å². The molecule has 0 unspecified atom stereocenters. The molecule has 0 fully saturated rings. The Morgan fingerprint density at radius 2 is 2.00 bits per heavy atom. The fraction of sp³-hybridized carbons (Fsp3) is 0. The number of nitrogens with two attached hydrogens (primary N) is 1. The second-order valence-corrected chi connectivity index (χ2v) is 4.77. The van der Waals surface area contributed by atoms with Gasteiger partial charge in [-0.3, -0.25) is 0 Å². The number of pyridine rings is 1. The highest BCUT2D eigenvalue weighted by Crippen LogP contribution is 2.29. The molecule has 0 amide bonds. The number of carboxylic acids is 1. The molecular weight excluding hydrogens is 330 g/mol. The first-order valence-electron chi connectivity index (χ1n) is 6.63. The second kappa shape index (κ2) is 6.81. The van der Waals surface area contributed by atoms with Crippen LogP contribution in [-0.4, -0.2) is 26.0 Å². The molecule has 0 saturated carbocycles. The number of carboxylic acid groups (broad SMARTS) is 1. The van der Waals surface area contributed by atoms with Crippen molar-refractivity contribution < 1.29 is 9.90 Å². The molecule has 0 aliphatic heterocycles. The Morgan fingerprint density at radius 1 is 1.29 bits per heavy atom. The van der Waals surface area contributed by atoms with Crippen LogP contribution < -0.4 is 5.73 Å². The van der Waals surface area contributed by atoms with E-state index < -0.39 is 5.97 Å². The van der Waals surface area contributed by atoms with Crippen LogP contribution in [0.5, 0.6) is 0 Å². The lowest BCUT2D eigenvalue weighted by Gasteiger charge is -2.09. The number of H-pyrrole nitrogens is 1. The molecule has 0 radical (unpaired) electrons. The first-order chi connectivity index (χ1) is 11.1. The predicted octanol–water partition coefficient (Wildman–Crippen LogP) is 2.71. The summed E-state index contributed by atoms with van der Waals surface area (Å²) in [5.41, 5.74) is 8.83. The summed E-state index contributed by atoms with van der Waals surface area (Å²) in [4.78, 5) is 22.0. The van der Waals surface area contributed by atoms with Gasteiger partial charge in [0.25, 0.3) is 0 Å². The minimum Gasteiger partial charge on any atom is -0.478 e. The number of imidazole rings is 1. The minimum absolute atomic E-state index is 0. The zero-order valence-corrected chi connectivity index (χ0v) is 13.0. The zero-order chi connectivity index (χ0) is 16.4. The standard InChI is InChI=1S/C16H11N5O2.ClH/c17-6-12-11(14-7-19-8-20-14)5-13(21-15(12)18)9-1-3-10(4-2-9)16(22)23;/h1-5,7-8H,(H2,18,21)(H,19,20)(H,22,23);1H. The third-order valence-electron chi connectivity index (χ3n) is 3.38. The summed E-state index contributed by atoms with van der Waals surface area (Å²) >= 11 is 0. The van der Waals surface area contributed by atoms with Gasteiger partial charge in [-0.05, 0) is 18.2 Å². The van der Waals surface area contributed by atoms with Gasteiger partial charge in [-0.25, -0.2) is 14.8 Å². The van der Waals surface area contributed by atoms with E-state index in [0.717, 1.165) is 0 Å². The molecular formula is C16H12ClN5O2. The summed E-state index contributed by atoms with van der Waals surface area (Å²) in [6.07, 6.45) is 3.10. The number of halogens is 1. The smallest absolute Gasteiger partial charge is 0.335 e. The van der Waals surface area contributed by atoms with E-state index in [2.05, 4.69) is 15.0 Å². The number of nitrogen functional groups attached to an aromatic ring is 1. The fourth-order valence-corrected chi connectivity index (χ4v) is 2.23. The maximum Gasteiger partial charge on any atom is 0.335 e. The van der Waals surface area contributed by atoms with Gasteiger partial charge in [-0.15, -0.1) is 12.4 Å². The lowest BCUT2D eigenvalue weighted by atomic mass is 10.0. The van der Waals surface area contributed by atoms with Gasteiger partial charge in [0, 0.05) is 11.1 Å². The van der Waals surface area contributed by atoms with Gasteiger partial charge in [0.1, 0.15) is 17.5 Å². The molecule has 0 spiro atoms. The quantitative estimate of drug-likeness (QED) is 0.671. The third kappa shape index (κ3) is 3.04. The number of nitrogens with one attached hydrogen (secondary N) is 1. The summed E-state index contributed by atoms with van der Waals surface area (Å²) in [5.74, 6) is -0.890. The number of rotatable bonds is 3. The number of hydrogen-bond acceptors (Lipinski definition) is 5. The molecule has 0 atom stereocenters. The number of aromatic amines is 1. The molecule has 0 saturated heterocycles. The van der Waals surface area contributed by atoms with Crippen LogP contribution in [0.15, 0.2) is 42.9 Å². The van der Waals surface area contributed by atoms with Crippen LogP contribution in [0.3, 0.4) is 0 Å². The molecule has 120 valence electrons. The van der Waals surface area contributed by atoms with Crippen molar-refractivity contribution in [1.29, 1.82) is 5.26 Å². The Kier molecular flexibility index (Phi) is 4.82. The Bertz CT molecular complexity index is 915. The minimum atomic E-state index is -0.998. The number of benzene rings is 1. The lowest BCUT2D eigenvalue weighted by molar-refractivity contribution is 0.0697. The average Bonchev–Trinajstić information content (AvgIpc) is 3.08. The van der Waals surface area contributed by atoms with Crippen LogP contribution in [0.1, 0.15) is 15.9 Å².